The van der Waals surface area contributed by atoms with Gasteiger partial charge in [-0.05, 0) is 33.7 Å². The summed E-state index contributed by atoms with van der Waals surface area (Å²) in [6.07, 6.45) is 4.36. The predicted molar refractivity (Wildman–Crippen MR) is 73.4 cm³/mol. The number of ether oxygens (including phenoxy) is 1. The fourth-order valence-corrected chi connectivity index (χ4v) is 2.01. The molecule has 0 saturated carbocycles. The van der Waals surface area contributed by atoms with E-state index in [4.69, 9.17) is 10.5 Å². The summed E-state index contributed by atoms with van der Waals surface area (Å²) in [5.41, 5.74) is 7.65. The van der Waals surface area contributed by atoms with Crippen molar-refractivity contribution in [2.75, 3.05) is 6.54 Å². The first-order valence-corrected chi connectivity index (χ1v) is 6.47. The van der Waals surface area contributed by atoms with Crippen molar-refractivity contribution in [1.82, 2.24) is 19.6 Å². The van der Waals surface area contributed by atoms with Crippen LogP contribution in [0.1, 0.15) is 31.1 Å². The molecule has 2 rings (SSSR count). The van der Waals surface area contributed by atoms with Crippen LogP contribution in [0.15, 0.2) is 12.4 Å². The highest BCUT2D eigenvalue weighted by atomic mass is 16.5. The zero-order valence-electron chi connectivity index (χ0n) is 11.9. The minimum atomic E-state index is 0.314. The van der Waals surface area contributed by atoms with E-state index in [0.717, 1.165) is 29.3 Å². The molecule has 0 saturated heterocycles. The lowest BCUT2D eigenvalue weighted by atomic mass is 10.2. The second-order valence-corrected chi connectivity index (χ2v) is 4.88. The number of rotatable bonds is 5. The van der Waals surface area contributed by atoms with Gasteiger partial charge < -0.3 is 10.5 Å². The summed E-state index contributed by atoms with van der Waals surface area (Å²) in [7, 11) is 1.87. The fraction of sp³-hybridized carbons (Fsp3) is 0.538. The normalized spacial score (nSPS) is 11.3. The molecule has 2 aromatic rings. The first kappa shape index (κ1) is 13.6. The molecule has 6 heteroatoms. The number of hydrogen-bond acceptors (Lipinski definition) is 4. The molecule has 0 spiro atoms. The van der Waals surface area contributed by atoms with Gasteiger partial charge in [0.05, 0.1) is 18.1 Å². The fourth-order valence-electron chi connectivity index (χ4n) is 2.01. The van der Waals surface area contributed by atoms with E-state index in [-0.39, 0.29) is 0 Å². The van der Waals surface area contributed by atoms with Crippen LogP contribution in [0.2, 0.25) is 0 Å². The molecule has 0 amide bonds. The maximum Gasteiger partial charge on any atom is 0.221 e. The van der Waals surface area contributed by atoms with Gasteiger partial charge in [-0.2, -0.15) is 10.2 Å². The highest BCUT2D eigenvalue weighted by Gasteiger charge is 2.15. The van der Waals surface area contributed by atoms with E-state index in [1.807, 2.05) is 24.9 Å². The zero-order valence-corrected chi connectivity index (χ0v) is 11.9. The molecule has 0 aliphatic carbocycles. The van der Waals surface area contributed by atoms with Crippen molar-refractivity contribution in [2.24, 2.45) is 12.8 Å². The van der Waals surface area contributed by atoms with E-state index in [2.05, 4.69) is 24.0 Å². The molecule has 0 atom stereocenters. The smallest absolute Gasteiger partial charge is 0.221 e. The quantitative estimate of drug-likeness (QED) is 0.893. The summed E-state index contributed by atoms with van der Waals surface area (Å²) >= 11 is 0. The van der Waals surface area contributed by atoms with E-state index in [9.17, 15) is 0 Å². The van der Waals surface area contributed by atoms with Gasteiger partial charge in [0.1, 0.15) is 0 Å². The third-order valence-electron chi connectivity index (χ3n) is 3.00. The van der Waals surface area contributed by atoms with Crippen LogP contribution in [0, 0.1) is 6.92 Å². The SMILES string of the molecule is Cc1nn(C)c(Oc2cnn(C(C)C)c2)c1CCN. The van der Waals surface area contributed by atoms with Crippen LogP contribution < -0.4 is 10.5 Å². The van der Waals surface area contributed by atoms with E-state index in [1.54, 1.807) is 10.9 Å². The Morgan fingerprint density at radius 2 is 2.16 bits per heavy atom. The molecule has 0 fully saturated rings. The molecule has 2 aromatic heterocycles. The zero-order chi connectivity index (χ0) is 14.0. The topological polar surface area (TPSA) is 70.9 Å². The van der Waals surface area contributed by atoms with Gasteiger partial charge in [0.25, 0.3) is 0 Å². The molecule has 0 bridgehead atoms. The molecule has 6 nitrogen and oxygen atoms in total. The number of nitrogens with two attached hydrogens (primary N) is 1. The lowest BCUT2D eigenvalue weighted by Crippen LogP contribution is -2.05. The molecule has 2 heterocycles. The second-order valence-electron chi connectivity index (χ2n) is 4.88. The largest absolute Gasteiger partial charge is 0.436 e. The molecule has 104 valence electrons. The first-order chi connectivity index (χ1) is 9.02. The molecule has 0 aliphatic heterocycles. The van der Waals surface area contributed by atoms with Crippen molar-refractivity contribution in [3.63, 3.8) is 0 Å². The van der Waals surface area contributed by atoms with Gasteiger partial charge in [-0.25, -0.2) is 4.68 Å². The summed E-state index contributed by atoms with van der Waals surface area (Å²) in [5.74, 6) is 1.46. The summed E-state index contributed by atoms with van der Waals surface area (Å²) in [6, 6.07) is 0.314. The summed E-state index contributed by atoms with van der Waals surface area (Å²) in [6.45, 7) is 6.69. The number of aromatic nitrogens is 4. The molecule has 0 aromatic carbocycles. The van der Waals surface area contributed by atoms with Crippen LogP contribution in [0.3, 0.4) is 0 Å². The Hall–Kier alpha value is -1.82. The average Bonchev–Trinajstić information content (AvgIpc) is 2.90. The van der Waals surface area contributed by atoms with Crippen LogP contribution in [-0.4, -0.2) is 26.1 Å². The first-order valence-electron chi connectivity index (χ1n) is 6.47. The predicted octanol–water partition coefficient (Wildman–Crippen LogP) is 1.80. The van der Waals surface area contributed by atoms with E-state index >= 15 is 0 Å². The van der Waals surface area contributed by atoms with Crippen molar-refractivity contribution in [1.29, 1.82) is 0 Å². The van der Waals surface area contributed by atoms with Gasteiger partial charge in [0.15, 0.2) is 5.75 Å². The van der Waals surface area contributed by atoms with E-state index in [0.29, 0.717) is 12.6 Å². The number of hydrogen-bond donors (Lipinski definition) is 1. The average molecular weight is 263 g/mol. The number of aryl methyl sites for hydroxylation is 2. The van der Waals surface area contributed by atoms with Gasteiger partial charge in [0.2, 0.25) is 5.88 Å². The Bertz CT molecular complexity index is 555. The maximum atomic E-state index is 5.91. The van der Waals surface area contributed by atoms with Gasteiger partial charge in [-0.15, -0.1) is 0 Å². The Labute approximate surface area is 113 Å². The Kier molecular flexibility index (Phi) is 3.90. The van der Waals surface area contributed by atoms with Gasteiger partial charge in [-0.1, -0.05) is 0 Å². The van der Waals surface area contributed by atoms with Crippen LogP contribution in [-0.2, 0) is 13.5 Å². The molecular weight excluding hydrogens is 242 g/mol. The van der Waals surface area contributed by atoms with Crippen LogP contribution in [0.4, 0.5) is 0 Å². The molecule has 0 unspecified atom stereocenters. The van der Waals surface area contributed by atoms with Crippen LogP contribution >= 0.6 is 0 Å². The minimum Gasteiger partial charge on any atom is -0.436 e. The lowest BCUT2D eigenvalue weighted by molar-refractivity contribution is 0.424. The van der Waals surface area contributed by atoms with E-state index in [1.165, 1.54) is 0 Å². The van der Waals surface area contributed by atoms with Crippen LogP contribution in [0.25, 0.3) is 0 Å². The maximum absolute atomic E-state index is 5.91. The monoisotopic (exact) mass is 263 g/mol. The van der Waals surface area contributed by atoms with Crippen molar-refractivity contribution in [3.8, 4) is 11.6 Å². The van der Waals surface area contributed by atoms with Gasteiger partial charge in [0, 0.05) is 18.7 Å². The van der Waals surface area contributed by atoms with Crippen molar-refractivity contribution < 1.29 is 4.74 Å². The minimum absolute atomic E-state index is 0.314. The van der Waals surface area contributed by atoms with E-state index < -0.39 is 0 Å². The van der Waals surface area contributed by atoms with Crippen molar-refractivity contribution in [3.05, 3.63) is 23.7 Å². The molecular formula is C13H21N5O. The highest BCUT2D eigenvalue weighted by molar-refractivity contribution is 5.34. The Morgan fingerprint density at radius 3 is 2.74 bits per heavy atom. The summed E-state index contributed by atoms with van der Waals surface area (Å²) < 4.78 is 9.51. The van der Waals surface area contributed by atoms with Gasteiger partial charge in [-0.3, -0.25) is 4.68 Å². The summed E-state index contributed by atoms with van der Waals surface area (Å²) in [5, 5.41) is 8.64. The molecule has 0 radical (unpaired) electrons. The Balaban J connectivity index is 2.26. The Morgan fingerprint density at radius 1 is 1.42 bits per heavy atom. The second kappa shape index (κ2) is 5.44. The standard InChI is InChI=1S/C13H21N5O/c1-9(2)18-8-11(7-15-18)19-13-12(5-6-14)10(3)16-17(13)4/h7-9H,5-6,14H2,1-4H3. The molecule has 19 heavy (non-hydrogen) atoms. The third kappa shape index (κ3) is 2.78. The van der Waals surface area contributed by atoms with Gasteiger partial charge >= 0.3 is 0 Å². The van der Waals surface area contributed by atoms with Crippen LogP contribution in [0.5, 0.6) is 11.6 Å². The number of nitrogens with zero attached hydrogens (tertiary/aromatic N) is 4. The van der Waals surface area contributed by atoms with Crippen molar-refractivity contribution in [2.45, 2.75) is 33.2 Å². The highest BCUT2D eigenvalue weighted by Crippen LogP contribution is 2.27. The third-order valence-corrected chi connectivity index (χ3v) is 3.00. The summed E-state index contributed by atoms with van der Waals surface area (Å²) in [4.78, 5) is 0. The molecule has 0 aliphatic rings. The lowest BCUT2D eigenvalue weighted by Gasteiger charge is -2.06. The van der Waals surface area contributed by atoms with Crippen molar-refractivity contribution >= 4 is 0 Å². The molecule has 2 N–H and O–H groups in total.